The van der Waals surface area contributed by atoms with E-state index in [0.29, 0.717) is 22.2 Å². The van der Waals surface area contributed by atoms with E-state index in [1.807, 2.05) is 13.8 Å². The molecule has 3 aromatic rings. The number of hydrogen-bond donors (Lipinski definition) is 1. The van der Waals surface area contributed by atoms with Crippen LogP contribution >= 0.6 is 11.6 Å². The molecule has 0 amide bonds. The van der Waals surface area contributed by atoms with Gasteiger partial charge in [-0.25, -0.2) is 4.85 Å². The number of benzene rings is 2. The molecule has 11 heteroatoms. The van der Waals surface area contributed by atoms with E-state index in [4.69, 9.17) is 27.0 Å². The fraction of sp³-hybridized carbons (Fsp3) is 0.400. The Morgan fingerprint density at radius 2 is 1.83 bits per heavy atom. The molecule has 2 aromatic carbocycles. The van der Waals surface area contributed by atoms with Gasteiger partial charge in [-0.2, -0.15) is 0 Å². The van der Waals surface area contributed by atoms with E-state index in [0.717, 1.165) is 11.3 Å². The number of rotatable bonds is 8. The summed E-state index contributed by atoms with van der Waals surface area (Å²) >= 11 is 6.42. The Labute approximate surface area is 216 Å². The van der Waals surface area contributed by atoms with Crippen molar-refractivity contribution in [1.82, 2.24) is 10.2 Å². The molecule has 0 unspecified atom stereocenters. The van der Waals surface area contributed by atoms with Crippen LogP contribution in [0.5, 0.6) is 0 Å². The van der Waals surface area contributed by atoms with Crippen molar-refractivity contribution in [1.29, 1.82) is 0 Å². The number of halogens is 1. The number of anilines is 1. The molecule has 0 aliphatic carbocycles. The highest BCUT2D eigenvalue weighted by molar-refractivity contribution is 6.74. The van der Waals surface area contributed by atoms with Crippen molar-refractivity contribution < 1.29 is 13.8 Å². The van der Waals surface area contributed by atoms with Crippen molar-refractivity contribution in [2.45, 2.75) is 64.9 Å². The fourth-order valence-electron chi connectivity index (χ4n) is 3.37. The third-order valence-electron chi connectivity index (χ3n) is 6.59. The largest absolute Gasteiger partial charge is 0.418 e. The molecule has 0 radical (unpaired) electrons. The Balaban J connectivity index is 2.00. The zero-order valence-electron chi connectivity index (χ0n) is 21.4. The maximum absolute atomic E-state index is 11.0. The fourth-order valence-corrected chi connectivity index (χ4v) is 5.00. The molecular weight excluding hydrogens is 498 g/mol. The quantitative estimate of drug-likeness (QED) is 0.138. The summed E-state index contributed by atoms with van der Waals surface area (Å²) in [7, 11) is -2.15. The second-order valence-corrected chi connectivity index (χ2v) is 15.3. The van der Waals surface area contributed by atoms with Gasteiger partial charge in [0.2, 0.25) is 17.5 Å². The van der Waals surface area contributed by atoms with Crippen LogP contribution in [0.25, 0.3) is 16.3 Å². The predicted molar refractivity (Wildman–Crippen MR) is 143 cm³/mol. The number of nitro benzene ring substituents is 1. The van der Waals surface area contributed by atoms with Crippen molar-refractivity contribution in [3.05, 3.63) is 74.4 Å². The third kappa shape index (κ3) is 5.75. The van der Waals surface area contributed by atoms with Gasteiger partial charge in [-0.1, -0.05) is 38.4 Å². The molecule has 1 aromatic heterocycles. The maximum Gasteiger partial charge on any atom is 0.269 e. The highest BCUT2D eigenvalue weighted by Gasteiger charge is 2.41. The number of nitro groups is 1. The average Bonchev–Trinajstić information content (AvgIpc) is 3.29. The van der Waals surface area contributed by atoms with Crippen molar-refractivity contribution >= 4 is 37.0 Å². The molecular formula is C25H30ClN5O4Si. The van der Waals surface area contributed by atoms with E-state index in [-0.39, 0.29) is 22.7 Å². The van der Waals surface area contributed by atoms with E-state index in [1.54, 1.807) is 24.3 Å². The number of nitrogens with zero attached hydrogens (tertiary/aromatic N) is 4. The molecule has 190 valence electrons. The molecule has 0 aliphatic rings. The Bertz CT molecular complexity index is 1300. The summed E-state index contributed by atoms with van der Waals surface area (Å²) in [5, 5.41) is 23.3. The van der Waals surface area contributed by atoms with Crippen molar-refractivity contribution in [3.63, 3.8) is 0 Å². The minimum Gasteiger partial charge on any atom is -0.418 e. The van der Waals surface area contributed by atoms with Gasteiger partial charge in [0.05, 0.1) is 22.6 Å². The van der Waals surface area contributed by atoms with Gasteiger partial charge in [0.1, 0.15) is 6.04 Å². The molecule has 0 fully saturated rings. The molecule has 0 spiro atoms. The second kappa shape index (κ2) is 10.4. The number of hydrogen-bond acceptors (Lipinski definition) is 7. The first-order valence-electron chi connectivity index (χ1n) is 11.4. The minimum absolute atomic E-state index is 0.0128. The minimum atomic E-state index is -2.15. The van der Waals surface area contributed by atoms with Crippen molar-refractivity contribution in [2.24, 2.45) is 0 Å². The summed E-state index contributed by atoms with van der Waals surface area (Å²) in [6, 6.07) is 8.86. The van der Waals surface area contributed by atoms with Gasteiger partial charge in [-0.3, -0.25) is 10.1 Å². The zero-order chi connectivity index (χ0) is 26.8. The molecule has 0 saturated carbocycles. The Kier molecular flexibility index (Phi) is 7.88. The van der Waals surface area contributed by atoms with Crippen molar-refractivity contribution in [3.8, 4) is 11.5 Å². The molecule has 0 saturated heterocycles. The van der Waals surface area contributed by atoms with E-state index in [1.165, 1.54) is 12.1 Å². The summed E-state index contributed by atoms with van der Waals surface area (Å²) in [5.41, 5.74) is 2.37. The zero-order valence-corrected chi connectivity index (χ0v) is 23.2. The summed E-state index contributed by atoms with van der Waals surface area (Å²) in [5.74, 6) is 0.545. The van der Waals surface area contributed by atoms with Gasteiger partial charge in [0, 0.05) is 23.4 Å². The lowest BCUT2D eigenvalue weighted by Crippen LogP contribution is -2.45. The second-order valence-electron chi connectivity index (χ2n) is 10.1. The topological polar surface area (TPSA) is 108 Å². The van der Waals surface area contributed by atoms with Crippen molar-refractivity contribution in [2.75, 3.05) is 5.32 Å². The Morgan fingerprint density at radius 3 is 2.39 bits per heavy atom. The molecule has 0 bridgehead atoms. The first-order chi connectivity index (χ1) is 16.7. The van der Waals surface area contributed by atoms with Crippen LogP contribution in [-0.4, -0.2) is 29.5 Å². The summed E-state index contributed by atoms with van der Waals surface area (Å²) in [6.45, 7) is 21.9. The first kappa shape index (κ1) is 27.3. The SMILES string of the molecule is [C-]#[N+]c1ccc(N[C@@H](c2nnc(-c3ccc([N+](=O)[O-])cc3)o2)[C@H](C)O[Si](C)(C)C(C)(C)C)c(C)c1Cl. The van der Waals surface area contributed by atoms with Gasteiger partial charge < -0.3 is 14.2 Å². The standard InChI is InChI=1S/C25H30ClN5O4Si/c1-15-19(13-14-20(27-6)21(15)26)28-22(16(2)35-36(7,8)25(3,4)5)24-30-29-23(34-24)17-9-11-18(12-10-17)31(32)33/h9-14,16,22,28H,1-5,7-8H3/t16-,22+/m0/s1. The predicted octanol–water partition coefficient (Wildman–Crippen LogP) is 7.72. The molecule has 1 N–H and O–H groups in total. The first-order valence-corrected chi connectivity index (χ1v) is 14.7. The van der Waals surface area contributed by atoms with E-state index in [9.17, 15) is 10.1 Å². The van der Waals surface area contributed by atoms with Gasteiger partial charge in [0.15, 0.2) is 8.32 Å². The maximum atomic E-state index is 11.0. The lowest BCUT2D eigenvalue weighted by Gasteiger charge is -2.40. The van der Waals surface area contributed by atoms with Crippen LogP contribution in [-0.2, 0) is 4.43 Å². The normalized spacial score (nSPS) is 13.6. The number of nitrogens with one attached hydrogen (secondary N) is 1. The van der Waals surface area contributed by atoms with Crippen LogP contribution in [0, 0.1) is 23.6 Å². The molecule has 0 aliphatic heterocycles. The van der Waals surface area contributed by atoms with E-state index < -0.39 is 19.3 Å². The van der Waals surface area contributed by atoms with E-state index >= 15 is 0 Å². The number of non-ortho nitro benzene ring substituents is 1. The molecule has 3 rings (SSSR count). The summed E-state index contributed by atoms with van der Waals surface area (Å²) in [6.07, 6.45) is -0.352. The molecule has 1 heterocycles. The van der Waals surface area contributed by atoms with Crippen LogP contribution in [0.15, 0.2) is 40.8 Å². The summed E-state index contributed by atoms with van der Waals surface area (Å²) in [4.78, 5) is 14.0. The van der Waals surface area contributed by atoms with Gasteiger partial charge >= 0.3 is 0 Å². The molecule has 2 atom stereocenters. The monoisotopic (exact) mass is 527 g/mol. The van der Waals surface area contributed by atoms with Gasteiger partial charge in [-0.05, 0) is 55.7 Å². The van der Waals surface area contributed by atoms with Crippen LogP contribution in [0.4, 0.5) is 17.1 Å². The van der Waals surface area contributed by atoms with Gasteiger partial charge in [-0.15, -0.1) is 10.2 Å². The van der Waals surface area contributed by atoms with E-state index in [2.05, 4.69) is 54.2 Å². The van der Waals surface area contributed by atoms with Crippen LogP contribution in [0.1, 0.15) is 45.2 Å². The highest BCUT2D eigenvalue weighted by atomic mass is 35.5. The average molecular weight is 528 g/mol. The Hall–Kier alpha value is -3.26. The van der Waals surface area contributed by atoms with Crippen LogP contribution in [0.2, 0.25) is 23.2 Å². The lowest BCUT2D eigenvalue weighted by atomic mass is 10.1. The lowest BCUT2D eigenvalue weighted by molar-refractivity contribution is -0.384. The molecule has 36 heavy (non-hydrogen) atoms. The third-order valence-corrected chi connectivity index (χ3v) is 11.6. The smallest absolute Gasteiger partial charge is 0.269 e. The van der Waals surface area contributed by atoms with Crippen LogP contribution in [0.3, 0.4) is 0 Å². The van der Waals surface area contributed by atoms with Crippen LogP contribution < -0.4 is 5.32 Å². The highest BCUT2D eigenvalue weighted by Crippen LogP contribution is 2.40. The van der Waals surface area contributed by atoms with Gasteiger partial charge in [0.25, 0.3) is 5.69 Å². The Morgan fingerprint density at radius 1 is 1.19 bits per heavy atom. The molecule has 9 nitrogen and oxygen atoms in total. The number of aromatic nitrogens is 2. The summed E-state index contributed by atoms with van der Waals surface area (Å²) < 4.78 is 12.7.